The first kappa shape index (κ1) is 21.1. The van der Waals surface area contributed by atoms with Gasteiger partial charge in [0, 0.05) is 17.4 Å². The number of amides is 1. The van der Waals surface area contributed by atoms with Crippen molar-refractivity contribution in [1.29, 1.82) is 0 Å². The van der Waals surface area contributed by atoms with Gasteiger partial charge in [0.05, 0.1) is 11.4 Å². The van der Waals surface area contributed by atoms with E-state index in [1.807, 2.05) is 6.92 Å². The fourth-order valence-electron chi connectivity index (χ4n) is 1.68. The summed E-state index contributed by atoms with van der Waals surface area (Å²) in [5.41, 5.74) is 1.31. The van der Waals surface area contributed by atoms with Crippen LogP contribution >= 0.6 is 24.2 Å². The Morgan fingerprint density at radius 3 is 2.55 bits per heavy atom. The zero-order valence-corrected chi connectivity index (χ0v) is 14.2. The highest BCUT2D eigenvalue weighted by Gasteiger charge is 2.28. The van der Waals surface area contributed by atoms with Crippen LogP contribution in [-0.4, -0.2) is 31.4 Å². The minimum Gasteiger partial charge on any atom is -0.325 e. The van der Waals surface area contributed by atoms with Crippen molar-refractivity contribution in [3.05, 3.63) is 23.8 Å². The number of carbonyl (C=O) groups excluding carboxylic acids is 1. The van der Waals surface area contributed by atoms with Crippen molar-refractivity contribution in [2.45, 2.75) is 24.9 Å². The van der Waals surface area contributed by atoms with Crippen molar-refractivity contribution in [3.63, 3.8) is 0 Å². The molecule has 0 aliphatic heterocycles. The molecule has 0 aliphatic rings. The summed E-state index contributed by atoms with van der Waals surface area (Å²) in [6.07, 6.45) is -4.24. The van der Waals surface area contributed by atoms with Gasteiger partial charge in [0.1, 0.15) is 0 Å². The van der Waals surface area contributed by atoms with Crippen LogP contribution in [0.25, 0.3) is 0 Å². The molecule has 0 heterocycles. The number of nitrogens with one attached hydrogen (secondary N) is 2. The van der Waals surface area contributed by atoms with E-state index in [1.54, 1.807) is 32.2 Å². The molecule has 0 radical (unpaired) electrons. The lowest BCUT2D eigenvalue weighted by Crippen LogP contribution is -2.28. The standard InChI is InChI=1S/C14H19F3N2OS.ClH/c1-9-4-5-12(21-8-14(15,16)17)11(6-9)19-13(20)10(2)7-18-3;/h4-6,10,18H,7-8H2,1-3H3,(H,19,20);1H. The molecule has 1 unspecified atom stereocenters. The van der Waals surface area contributed by atoms with Crippen LogP contribution in [0.3, 0.4) is 0 Å². The van der Waals surface area contributed by atoms with Gasteiger partial charge in [-0.3, -0.25) is 4.79 Å². The van der Waals surface area contributed by atoms with Crippen LogP contribution in [0, 0.1) is 12.8 Å². The molecule has 22 heavy (non-hydrogen) atoms. The van der Waals surface area contributed by atoms with Gasteiger partial charge >= 0.3 is 6.18 Å². The molecule has 1 amide bonds. The summed E-state index contributed by atoms with van der Waals surface area (Å²) in [5, 5.41) is 5.60. The van der Waals surface area contributed by atoms with Gasteiger partial charge in [-0.25, -0.2) is 0 Å². The number of aryl methyl sites for hydroxylation is 1. The zero-order chi connectivity index (χ0) is 16.0. The van der Waals surface area contributed by atoms with E-state index in [9.17, 15) is 18.0 Å². The molecule has 0 bridgehead atoms. The molecular formula is C14H20ClF3N2OS. The van der Waals surface area contributed by atoms with Gasteiger partial charge < -0.3 is 10.6 Å². The lowest BCUT2D eigenvalue weighted by molar-refractivity contribution is -0.119. The maximum absolute atomic E-state index is 12.3. The molecule has 0 saturated heterocycles. The first-order chi connectivity index (χ1) is 9.73. The van der Waals surface area contributed by atoms with Crippen LogP contribution in [0.1, 0.15) is 12.5 Å². The normalized spacial score (nSPS) is 12.5. The maximum atomic E-state index is 12.3. The molecule has 8 heteroatoms. The summed E-state index contributed by atoms with van der Waals surface area (Å²) < 4.78 is 37.0. The van der Waals surface area contributed by atoms with Gasteiger partial charge in [-0.1, -0.05) is 13.0 Å². The van der Waals surface area contributed by atoms with Crippen LogP contribution in [0.2, 0.25) is 0 Å². The van der Waals surface area contributed by atoms with E-state index in [-0.39, 0.29) is 24.2 Å². The predicted octanol–water partition coefficient (Wildman–Crippen LogP) is 3.87. The molecule has 0 saturated carbocycles. The van der Waals surface area contributed by atoms with Gasteiger partial charge in [-0.15, -0.1) is 24.2 Å². The third-order valence-corrected chi connectivity index (χ3v) is 3.88. The minimum atomic E-state index is -4.24. The third-order valence-electron chi connectivity index (χ3n) is 2.74. The van der Waals surface area contributed by atoms with Crippen molar-refractivity contribution in [2.75, 3.05) is 24.7 Å². The SMILES string of the molecule is CNCC(C)C(=O)Nc1cc(C)ccc1SCC(F)(F)F.Cl. The van der Waals surface area contributed by atoms with E-state index < -0.39 is 11.9 Å². The van der Waals surface area contributed by atoms with Gasteiger partial charge in [-0.05, 0) is 31.7 Å². The van der Waals surface area contributed by atoms with Gasteiger partial charge in [0.2, 0.25) is 5.91 Å². The average Bonchev–Trinajstić information content (AvgIpc) is 2.37. The maximum Gasteiger partial charge on any atom is 0.398 e. The van der Waals surface area contributed by atoms with Crippen LogP contribution in [0.4, 0.5) is 18.9 Å². The van der Waals surface area contributed by atoms with Crippen molar-refractivity contribution in [1.82, 2.24) is 5.32 Å². The summed E-state index contributed by atoms with van der Waals surface area (Å²) in [7, 11) is 1.74. The first-order valence-electron chi connectivity index (χ1n) is 6.48. The Hall–Kier alpha value is -0.920. The molecule has 1 aromatic rings. The van der Waals surface area contributed by atoms with Crippen molar-refractivity contribution in [3.8, 4) is 0 Å². The molecule has 0 aliphatic carbocycles. The second kappa shape index (κ2) is 9.27. The van der Waals surface area contributed by atoms with E-state index in [1.165, 1.54) is 0 Å². The molecule has 1 rings (SSSR count). The molecule has 3 nitrogen and oxygen atoms in total. The molecule has 1 atom stereocenters. The number of anilines is 1. The average molecular weight is 357 g/mol. The first-order valence-corrected chi connectivity index (χ1v) is 7.47. The molecule has 1 aromatic carbocycles. The second-order valence-corrected chi connectivity index (χ2v) is 5.87. The van der Waals surface area contributed by atoms with Crippen LogP contribution in [-0.2, 0) is 4.79 Å². The molecular weight excluding hydrogens is 337 g/mol. The minimum absolute atomic E-state index is 0. The second-order valence-electron chi connectivity index (χ2n) is 4.85. The number of carbonyl (C=O) groups is 1. The highest BCUT2D eigenvalue weighted by Crippen LogP contribution is 2.33. The van der Waals surface area contributed by atoms with Crippen LogP contribution < -0.4 is 10.6 Å². The largest absolute Gasteiger partial charge is 0.398 e. The fourth-order valence-corrected chi connectivity index (χ4v) is 2.43. The Morgan fingerprint density at radius 1 is 1.36 bits per heavy atom. The highest BCUT2D eigenvalue weighted by molar-refractivity contribution is 7.99. The van der Waals surface area contributed by atoms with Crippen molar-refractivity contribution in [2.24, 2.45) is 5.92 Å². The number of halogens is 4. The quantitative estimate of drug-likeness (QED) is 0.760. The van der Waals surface area contributed by atoms with E-state index >= 15 is 0 Å². The Morgan fingerprint density at radius 2 is 2.00 bits per heavy atom. The Kier molecular flexibility index (Phi) is 8.88. The molecule has 0 aromatic heterocycles. The Balaban J connectivity index is 0.00000441. The Bertz CT molecular complexity index is 497. The third kappa shape index (κ3) is 7.38. The fraction of sp³-hybridized carbons (Fsp3) is 0.500. The summed E-state index contributed by atoms with van der Waals surface area (Å²) >= 11 is 0.674. The number of alkyl halides is 3. The van der Waals surface area contributed by atoms with E-state index in [4.69, 9.17) is 0 Å². The number of hydrogen-bond donors (Lipinski definition) is 2. The number of thioether (sulfide) groups is 1. The molecule has 126 valence electrons. The molecule has 2 N–H and O–H groups in total. The van der Waals surface area contributed by atoms with Gasteiger partial charge in [0.15, 0.2) is 0 Å². The number of benzene rings is 1. The number of hydrogen-bond acceptors (Lipinski definition) is 3. The summed E-state index contributed by atoms with van der Waals surface area (Å²) in [6, 6.07) is 5.01. The summed E-state index contributed by atoms with van der Waals surface area (Å²) in [4.78, 5) is 12.4. The molecule has 0 fully saturated rings. The summed E-state index contributed by atoms with van der Waals surface area (Å²) in [6.45, 7) is 4.08. The predicted molar refractivity (Wildman–Crippen MR) is 86.9 cm³/mol. The smallest absolute Gasteiger partial charge is 0.325 e. The van der Waals surface area contributed by atoms with Crippen LogP contribution in [0.15, 0.2) is 23.1 Å². The highest BCUT2D eigenvalue weighted by atomic mass is 35.5. The Labute approximate surface area is 138 Å². The number of rotatable bonds is 6. The monoisotopic (exact) mass is 356 g/mol. The van der Waals surface area contributed by atoms with Crippen molar-refractivity contribution < 1.29 is 18.0 Å². The zero-order valence-electron chi connectivity index (χ0n) is 12.6. The van der Waals surface area contributed by atoms with E-state index in [2.05, 4.69) is 10.6 Å². The van der Waals surface area contributed by atoms with Gasteiger partial charge in [0.25, 0.3) is 0 Å². The van der Waals surface area contributed by atoms with Crippen LogP contribution in [0.5, 0.6) is 0 Å². The summed E-state index contributed by atoms with van der Waals surface area (Å²) in [5.74, 6) is -1.47. The van der Waals surface area contributed by atoms with Crippen molar-refractivity contribution >= 4 is 35.8 Å². The lowest BCUT2D eigenvalue weighted by Gasteiger charge is -2.15. The lowest BCUT2D eigenvalue weighted by atomic mass is 10.1. The topological polar surface area (TPSA) is 41.1 Å². The van der Waals surface area contributed by atoms with Gasteiger partial charge in [-0.2, -0.15) is 13.2 Å². The molecule has 0 spiro atoms. The van der Waals surface area contributed by atoms with E-state index in [0.29, 0.717) is 28.9 Å². The van der Waals surface area contributed by atoms with E-state index in [0.717, 1.165) is 5.56 Å².